The van der Waals surface area contributed by atoms with Crippen LogP contribution in [-0.2, 0) is 0 Å². The second-order valence-corrected chi connectivity index (χ2v) is 4.23. The van der Waals surface area contributed by atoms with E-state index < -0.39 is 11.7 Å². The molecule has 0 radical (unpaired) electrons. The number of methoxy groups -OCH3 is 1. The largest absolute Gasteiger partial charge is 0.507 e. The summed E-state index contributed by atoms with van der Waals surface area (Å²) in [6.45, 7) is 0. The number of phenols is 1. The van der Waals surface area contributed by atoms with Gasteiger partial charge in [-0.3, -0.25) is 4.79 Å². The summed E-state index contributed by atoms with van der Waals surface area (Å²) in [4.78, 5) is 13.6. The monoisotopic (exact) mass is 275 g/mol. The van der Waals surface area contributed by atoms with E-state index in [1.165, 1.54) is 49.4 Å². The predicted octanol–water partition coefficient (Wildman–Crippen LogP) is 2.82. The Morgan fingerprint density at radius 3 is 2.65 bits per heavy atom. The number of carbonyl (C=O) groups excluding carboxylic acids is 1. The summed E-state index contributed by atoms with van der Waals surface area (Å²) in [7, 11) is 2.98. The molecule has 0 spiro atoms. The molecule has 5 heteroatoms. The van der Waals surface area contributed by atoms with Gasteiger partial charge in [-0.15, -0.1) is 0 Å². The number of benzene rings is 2. The Labute approximate surface area is 116 Å². The molecular weight excluding hydrogens is 261 g/mol. The molecule has 0 aliphatic carbocycles. The fourth-order valence-corrected chi connectivity index (χ4v) is 1.80. The van der Waals surface area contributed by atoms with Gasteiger partial charge in [-0.25, -0.2) is 4.39 Å². The minimum absolute atomic E-state index is 0.0936. The lowest BCUT2D eigenvalue weighted by Gasteiger charge is -2.18. The molecule has 0 fully saturated rings. The summed E-state index contributed by atoms with van der Waals surface area (Å²) in [6.07, 6.45) is 0. The second kappa shape index (κ2) is 5.61. The molecule has 0 aliphatic rings. The first-order valence-electron chi connectivity index (χ1n) is 5.93. The van der Waals surface area contributed by atoms with Crippen molar-refractivity contribution in [3.8, 4) is 11.5 Å². The van der Waals surface area contributed by atoms with Gasteiger partial charge in [-0.2, -0.15) is 0 Å². The summed E-state index contributed by atoms with van der Waals surface area (Å²) in [5.41, 5.74) is 0.494. The molecule has 0 heterocycles. The molecule has 0 aliphatic heterocycles. The number of nitrogens with zero attached hydrogens (tertiary/aromatic N) is 1. The molecule has 104 valence electrons. The number of amides is 1. The van der Waals surface area contributed by atoms with Crippen molar-refractivity contribution in [2.24, 2.45) is 0 Å². The average Bonchev–Trinajstić information content (AvgIpc) is 2.46. The van der Waals surface area contributed by atoms with Gasteiger partial charge in [0.2, 0.25) is 0 Å². The highest BCUT2D eigenvalue weighted by Crippen LogP contribution is 2.26. The normalized spacial score (nSPS) is 10.2. The van der Waals surface area contributed by atoms with Crippen molar-refractivity contribution in [2.75, 3.05) is 19.1 Å². The minimum atomic E-state index is -0.452. The van der Waals surface area contributed by atoms with E-state index in [9.17, 15) is 14.3 Å². The first-order chi connectivity index (χ1) is 9.52. The molecule has 0 saturated heterocycles. The molecule has 2 aromatic carbocycles. The predicted molar refractivity (Wildman–Crippen MR) is 73.8 cm³/mol. The average molecular weight is 275 g/mol. The van der Waals surface area contributed by atoms with Crippen molar-refractivity contribution < 1.29 is 19.0 Å². The van der Waals surface area contributed by atoms with Gasteiger partial charge in [0.15, 0.2) is 0 Å². The molecule has 20 heavy (non-hydrogen) atoms. The SMILES string of the molecule is COc1ccc(O)c(C(=O)N(C)c2cccc(F)c2)c1. The molecular formula is C15H14FNO3. The zero-order valence-electron chi connectivity index (χ0n) is 11.1. The fraction of sp³-hybridized carbons (Fsp3) is 0.133. The molecule has 2 aromatic rings. The Morgan fingerprint density at radius 1 is 1.25 bits per heavy atom. The highest BCUT2D eigenvalue weighted by atomic mass is 19.1. The van der Waals surface area contributed by atoms with Gasteiger partial charge >= 0.3 is 0 Å². The zero-order chi connectivity index (χ0) is 14.7. The quantitative estimate of drug-likeness (QED) is 0.937. The van der Waals surface area contributed by atoms with E-state index in [0.717, 1.165) is 0 Å². The minimum Gasteiger partial charge on any atom is -0.507 e. The summed E-state index contributed by atoms with van der Waals surface area (Å²) >= 11 is 0. The molecule has 0 saturated carbocycles. The van der Waals surface area contributed by atoms with Crippen LogP contribution in [0.4, 0.5) is 10.1 Å². The van der Waals surface area contributed by atoms with E-state index in [1.54, 1.807) is 12.1 Å². The molecule has 0 aromatic heterocycles. The van der Waals surface area contributed by atoms with Crippen molar-refractivity contribution in [1.82, 2.24) is 0 Å². The maximum absolute atomic E-state index is 13.2. The van der Waals surface area contributed by atoms with Gasteiger partial charge in [0.05, 0.1) is 12.7 Å². The van der Waals surface area contributed by atoms with Crippen molar-refractivity contribution >= 4 is 11.6 Å². The Morgan fingerprint density at radius 2 is 2.00 bits per heavy atom. The lowest BCUT2D eigenvalue weighted by Crippen LogP contribution is -2.26. The second-order valence-electron chi connectivity index (χ2n) is 4.23. The van der Waals surface area contributed by atoms with Crippen molar-refractivity contribution in [2.45, 2.75) is 0 Å². The van der Waals surface area contributed by atoms with Crippen LogP contribution in [0.5, 0.6) is 11.5 Å². The molecule has 0 atom stereocenters. The number of aromatic hydroxyl groups is 1. The zero-order valence-corrected chi connectivity index (χ0v) is 11.1. The van der Waals surface area contributed by atoms with Crippen molar-refractivity contribution in [1.29, 1.82) is 0 Å². The van der Waals surface area contributed by atoms with Gasteiger partial charge in [0, 0.05) is 12.7 Å². The van der Waals surface area contributed by atoms with E-state index in [4.69, 9.17) is 4.74 Å². The topological polar surface area (TPSA) is 49.8 Å². The number of halogens is 1. The van der Waals surface area contributed by atoms with Crippen LogP contribution in [-0.4, -0.2) is 25.2 Å². The van der Waals surface area contributed by atoms with Crippen LogP contribution in [0.3, 0.4) is 0 Å². The third-order valence-electron chi connectivity index (χ3n) is 2.93. The van der Waals surface area contributed by atoms with Gasteiger partial charge < -0.3 is 14.7 Å². The number of hydrogen-bond acceptors (Lipinski definition) is 3. The third kappa shape index (κ3) is 2.71. The van der Waals surface area contributed by atoms with Crippen LogP contribution in [0.25, 0.3) is 0 Å². The van der Waals surface area contributed by atoms with Crippen LogP contribution >= 0.6 is 0 Å². The van der Waals surface area contributed by atoms with Crippen molar-refractivity contribution in [3.05, 3.63) is 53.8 Å². The van der Waals surface area contributed by atoms with Gasteiger partial charge in [0.25, 0.3) is 5.91 Å². The maximum Gasteiger partial charge on any atom is 0.261 e. The molecule has 1 N–H and O–H groups in total. The third-order valence-corrected chi connectivity index (χ3v) is 2.93. The fourth-order valence-electron chi connectivity index (χ4n) is 1.80. The Bertz CT molecular complexity index is 643. The van der Waals surface area contributed by atoms with Crippen molar-refractivity contribution in [3.63, 3.8) is 0 Å². The van der Waals surface area contributed by atoms with Gasteiger partial charge in [-0.05, 0) is 36.4 Å². The first-order valence-corrected chi connectivity index (χ1v) is 5.93. The number of hydrogen-bond donors (Lipinski definition) is 1. The lowest BCUT2D eigenvalue weighted by molar-refractivity contribution is 0.0990. The highest BCUT2D eigenvalue weighted by Gasteiger charge is 2.18. The number of rotatable bonds is 3. The van der Waals surface area contributed by atoms with Crippen LogP contribution in [0.2, 0.25) is 0 Å². The van der Waals surface area contributed by atoms with Crippen LogP contribution < -0.4 is 9.64 Å². The number of anilines is 1. The highest BCUT2D eigenvalue weighted by molar-refractivity contribution is 6.07. The Kier molecular flexibility index (Phi) is 3.89. The standard InChI is InChI=1S/C15H14FNO3/c1-17(11-5-3-4-10(16)8-11)15(19)13-9-12(20-2)6-7-14(13)18/h3-9,18H,1-2H3. The van der Waals surface area contributed by atoms with E-state index in [0.29, 0.717) is 11.4 Å². The number of ether oxygens (including phenoxy) is 1. The molecule has 4 nitrogen and oxygen atoms in total. The van der Waals surface area contributed by atoms with E-state index in [-0.39, 0.29) is 11.3 Å². The summed E-state index contributed by atoms with van der Waals surface area (Å²) in [5, 5.41) is 9.77. The molecule has 2 rings (SSSR count). The van der Waals surface area contributed by atoms with Crippen LogP contribution in [0, 0.1) is 5.82 Å². The van der Waals surface area contributed by atoms with E-state index >= 15 is 0 Å². The van der Waals surface area contributed by atoms with Crippen LogP contribution in [0.15, 0.2) is 42.5 Å². The smallest absolute Gasteiger partial charge is 0.261 e. The number of phenolic OH excluding ortho intramolecular Hbond substituents is 1. The maximum atomic E-state index is 13.2. The Balaban J connectivity index is 2.36. The summed E-state index contributed by atoms with van der Waals surface area (Å²) in [5.74, 6) is -0.582. The van der Waals surface area contributed by atoms with E-state index in [2.05, 4.69) is 0 Å². The first kappa shape index (κ1) is 13.9. The van der Waals surface area contributed by atoms with Gasteiger partial charge in [-0.1, -0.05) is 6.07 Å². The van der Waals surface area contributed by atoms with Gasteiger partial charge in [0.1, 0.15) is 17.3 Å². The lowest BCUT2D eigenvalue weighted by atomic mass is 10.1. The number of carbonyl (C=O) groups is 1. The molecule has 1 amide bonds. The van der Waals surface area contributed by atoms with Crippen LogP contribution in [0.1, 0.15) is 10.4 Å². The molecule has 0 bridgehead atoms. The summed E-state index contributed by atoms with van der Waals surface area (Å²) in [6, 6.07) is 10.0. The summed E-state index contributed by atoms with van der Waals surface area (Å²) < 4.78 is 18.2. The Hall–Kier alpha value is -2.56. The van der Waals surface area contributed by atoms with E-state index in [1.807, 2.05) is 0 Å². The molecule has 0 unspecified atom stereocenters.